The molecule has 1 rings (SSSR count). The van der Waals surface area contributed by atoms with Gasteiger partial charge in [-0.3, -0.25) is 0 Å². The first kappa shape index (κ1) is 13.9. The minimum absolute atomic E-state index is 0.0616. The Hall–Kier alpha value is -0.120. The lowest BCUT2D eigenvalue weighted by Crippen LogP contribution is -2.43. The van der Waals surface area contributed by atoms with Crippen LogP contribution in [0.2, 0.25) is 0 Å². The summed E-state index contributed by atoms with van der Waals surface area (Å²) in [6, 6.07) is 0. The number of ether oxygens (including phenoxy) is 2. The molecule has 0 amide bonds. The van der Waals surface area contributed by atoms with Crippen LogP contribution in [0.15, 0.2) is 0 Å². The van der Waals surface area contributed by atoms with Gasteiger partial charge in [-0.05, 0) is 59.5 Å². The minimum atomic E-state index is -0.0616. The fraction of sp³-hybridized carbons (Fsp3) is 1.00. The third kappa shape index (κ3) is 4.04. The molecule has 1 N–H and O–H groups in total. The van der Waals surface area contributed by atoms with Crippen LogP contribution in [-0.4, -0.2) is 38.5 Å². The summed E-state index contributed by atoms with van der Waals surface area (Å²) in [7, 11) is 3.76. The van der Waals surface area contributed by atoms with Gasteiger partial charge in [0.1, 0.15) is 0 Å². The van der Waals surface area contributed by atoms with Crippen LogP contribution in [0.3, 0.4) is 0 Å². The van der Waals surface area contributed by atoms with E-state index in [0.717, 1.165) is 26.0 Å². The van der Waals surface area contributed by atoms with Crippen LogP contribution in [0.25, 0.3) is 0 Å². The van der Waals surface area contributed by atoms with Crippen LogP contribution in [-0.2, 0) is 9.47 Å². The van der Waals surface area contributed by atoms with E-state index in [1.54, 1.807) is 7.11 Å². The maximum absolute atomic E-state index is 6.09. The number of nitrogens with one attached hydrogen (secondary N) is 1. The van der Waals surface area contributed by atoms with Crippen molar-refractivity contribution in [3.05, 3.63) is 0 Å². The zero-order chi connectivity index (χ0) is 12.1. The van der Waals surface area contributed by atoms with Crippen LogP contribution < -0.4 is 5.32 Å². The maximum Gasteiger partial charge on any atom is 0.0694 e. The van der Waals surface area contributed by atoms with Gasteiger partial charge in [-0.25, -0.2) is 0 Å². The predicted octanol–water partition coefficient (Wildman–Crippen LogP) is 2.35. The molecule has 0 unspecified atom stereocenters. The van der Waals surface area contributed by atoms with E-state index in [1.807, 2.05) is 7.05 Å². The Kier molecular flexibility index (Phi) is 5.22. The Morgan fingerprint density at radius 2 is 2.00 bits per heavy atom. The Balaban J connectivity index is 2.24. The molecular formula is C13H27NO2. The van der Waals surface area contributed by atoms with E-state index in [0.29, 0.717) is 0 Å². The molecule has 0 bridgehead atoms. The largest absolute Gasteiger partial charge is 0.379 e. The van der Waals surface area contributed by atoms with Crippen LogP contribution in [0.5, 0.6) is 0 Å². The van der Waals surface area contributed by atoms with E-state index in [2.05, 4.69) is 19.2 Å². The van der Waals surface area contributed by atoms with Crippen molar-refractivity contribution in [3.8, 4) is 0 Å². The fourth-order valence-corrected chi connectivity index (χ4v) is 2.01. The Labute approximate surface area is 99.9 Å². The highest BCUT2D eigenvalue weighted by atomic mass is 16.5. The zero-order valence-electron chi connectivity index (χ0n) is 11.3. The summed E-state index contributed by atoms with van der Waals surface area (Å²) < 4.78 is 11.5. The van der Waals surface area contributed by atoms with Crippen molar-refractivity contribution >= 4 is 0 Å². The first-order chi connectivity index (χ1) is 7.54. The first-order valence-electron chi connectivity index (χ1n) is 6.37. The van der Waals surface area contributed by atoms with Gasteiger partial charge in [0.2, 0.25) is 0 Å². The van der Waals surface area contributed by atoms with E-state index in [1.165, 1.54) is 19.3 Å². The van der Waals surface area contributed by atoms with Gasteiger partial charge in [-0.2, -0.15) is 0 Å². The minimum Gasteiger partial charge on any atom is -0.379 e. The highest BCUT2D eigenvalue weighted by molar-refractivity contribution is 4.90. The van der Waals surface area contributed by atoms with Crippen LogP contribution >= 0.6 is 0 Å². The van der Waals surface area contributed by atoms with E-state index in [9.17, 15) is 0 Å². The predicted molar refractivity (Wildman–Crippen MR) is 66.8 cm³/mol. The summed E-state index contributed by atoms with van der Waals surface area (Å²) in [6.45, 7) is 6.08. The summed E-state index contributed by atoms with van der Waals surface area (Å²) in [4.78, 5) is 0. The van der Waals surface area contributed by atoms with Gasteiger partial charge in [0.25, 0.3) is 0 Å². The highest BCUT2D eigenvalue weighted by Gasteiger charge is 2.37. The lowest BCUT2D eigenvalue weighted by Gasteiger charge is -2.42. The van der Waals surface area contributed by atoms with Gasteiger partial charge < -0.3 is 14.8 Å². The number of hydrogen-bond donors (Lipinski definition) is 1. The second-order valence-electron chi connectivity index (χ2n) is 5.45. The Morgan fingerprint density at radius 1 is 1.31 bits per heavy atom. The SMILES string of the molecule is CNCCC1(OCCC(C)(C)OC)CCC1. The molecule has 1 fully saturated rings. The number of hydrogen-bond acceptors (Lipinski definition) is 3. The lowest BCUT2D eigenvalue weighted by molar-refractivity contribution is -0.119. The van der Waals surface area contributed by atoms with Gasteiger partial charge in [-0.1, -0.05) is 0 Å². The van der Waals surface area contributed by atoms with Crippen molar-refractivity contribution < 1.29 is 9.47 Å². The second-order valence-corrected chi connectivity index (χ2v) is 5.45. The quantitative estimate of drug-likeness (QED) is 0.693. The van der Waals surface area contributed by atoms with Crippen LogP contribution in [0.4, 0.5) is 0 Å². The highest BCUT2D eigenvalue weighted by Crippen LogP contribution is 2.38. The molecule has 1 aliphatic rings. The van der Waals surface area contributed by atoms with E-state index in [-0.39, 0.29) is 11.2 Å². The summed E-state index contributed by atoms with van der Waals surface area (Å²) in [5.41, 5.74) is 0.112. The smallest absolute Gasteiger partial charge is 0.0694 e. The molecule has 3 heteroatoms. The molecule has 0 aromatic heterocycles. The average Bonchev–Trinajstić information content (AvgIpc) is 2.21. The van der Waals surface area contributed by atoms with Gasteiger partial charge in [0.05, 0.1) is 17.8 Å². The monoisotopic (exact) mass is 229 g/mol. The maximum atomic E-state index is 6.09. The molecule has 0 aromatic carbocycles. The molecule has 96 valence electrons. The van der Waals surface area contributed by atoms with Crippen molar-refractivity contribution in [3.63, 3.8) is 0 Å². The molecule has 0 aromatic rings. The summed E-state index contributed by atoms with van der Waals surface area (Å²) in [5, 5.41) is 3.20. The average molecular weight is 229 g/mol. The Morgan fingerprint density at radius 3 is 2.44 bits per heavy atom. The first-order valence-corrected chi connectivity index (χ1v) is 6.37. The van der Waals surface area contributed by atoms with E-state index >= 15 is 0 Å². The van der Waals surface area contributed by atoms with Crippen molar-refractivity contribution in [2.45, 2.75) is 57.2 Å². The van der Waals surface area contributed by atoms with E-state index < -0.39 is 0 Å². The fourth-order valence-electron chi connectivity index (χ4n) is 2.01. The lowest BCUT2D eigenvalue weighted by atomic mass is 9.77. The summed E-state index contributed by atoms with van der Waals surface area (Å²) in [5.74, 6) is 0. The number of rotatable bonds is 8. The van der Waals surface area contributed by atoms with Crippen molar-refractivity contribution in [1.82, 2.24) is 5.32 Å². The molecule has 0 atom stereocenters. The molecule has 1 saturated carbocycles. The van der Waals surface area contributed by atoms with Crippen LogP contribution in [0.1, 0.15) is 46.0 Å². The van der Waals surface area contributed by atoms with Gasteiger partial charge in [-0.15, -0.1) is 0 Å². The Bertz CT molecular complexity index is 200. The zero-order valence-corrected chi connectivity index (χ0v) is 11.3. The molecule has 0 radical (unpaired) electrons. The van der Waals surface area contributed by atoms with Crippen molar-refractivity contribution in [1.29, 1.82) is 0 Å². The third-order valence-corrected chi connectivity index (χ3v) is 3.76. The molecule has 1 aliphatic carbocycles. The topological polar surface area (TPSA) is 30.5 Å². The van der Waals surface area contributed by atoms with Gasteiger partial charge >= 0.3 is 0 Å². The number of methoxy groups -OCH3 is 1. The van der Waals surface area contributed by atoms with Crippen molar-refractivity contribution in [2.75, 3.05) is 27.3 Å². The molecule has 0 saturated heterocycles. The molecule has 0 heterocycles. The summed E-state index contributed by atoms with van der Waals surface area (Å²) >= 11 is 0. The molecular weight excluding hydrogens is 202 g/mol. The van der Waals surface area contributed by atoms with Crippen molar-refractivity contribution in [2.24, 2.45) is 0 Å². The molecule has 3 nitrogen and oxygen atoms in total. The summed E-state index contributed by atoms with van der Waals surface area (Å²) in [6.07, 6.45) is 5.86. The van der Waals surface area contributed by atoms with Crippen LogP contribution in [0, 0.1) is 0 Å². The second kappa shape index (κ2) is 5.99. The standard InChI is InChI=1S/C13H27NO2/c1-12(2,15-4)9-11-16-13(6-5-7-13)8-10-14-3/h14H,5-11H2,1-4H3. The van der Waals surface area contributed by atoms with Gasteiger partial charge in [0, 0.05) is 7.11 Å². The molecule has 0 aliphatic heterocycles. The third-order valence-electron chi connectivity index (χ3n) is 3.76. The normalized spacial score (nSPS) is 19.5. The molecule has 0 spiro atoms. The molecule has 16 heavy (non-hydrogen) atoms. The van der Waals surface area contributed by atoms with Gasteiger partial charge in [0.15, 0.2) is 0 Å². The van der Waals surface area contributed by atoms with E-state index in [4.69, 9.17) is 9.47 Å².